The standard InChI is InChI=1S/C14H19NO/c1-9-11-5-3-7-15-8-4-6-12(13(11)15)10(2)14(9)16/h16H,3-8H2,1-2H3. The van der Waals surface area contributed by atoms with E-state index in [9.17, 15) is 5.11 Å². The van der Waals surface area contributed by atoms with Crippen LogP contribution in [0.4, 0.5) is 5.69 Å². The highest BCUT2D eigenvalue weighted by Gasteiger charge is 2.28. The molecule has 0 atom stereocenters. The Kier molecular flexibility index (Phi) is 2.13. The van der Waals surface area contributed by atoms with Crippen LogP contribution in [0, 0.1) is 13.8 Å². The van der Waals surface area contributed by atoms with E-state index in [0.29, 0.717) is 5.75 Å². The summed E-state index contributed by atoms with van der Waals surface area (Å²) in [5, 5.41) is 10.2. The number of anilines is 1. The first-order valence-corrected chi connectivity index (χ1v) is 6.29. The van der Waals surface area contributed by atoms with Crippen molar-refractivity contribution in [1.29, 1.82) is 0 Å². The fraction of sp³-hybridized carbons (Fsp3) is 0.571. The molecule has 16 heavy (non-hydrogen) atoms. The Hall–Kier alpha value is -1.18. The van der Waals surface area contributed by atoms with Crippen LogP contribution < -0.4 is 4.90 Å². The van der Waals surface area contributed by atoms with Gasteiger partial charge in [0.2, 0.25) is 0 Å². The molecule has 0 unspecified atom stereocenters. The SMILES string of the molecule is Cc1c(O)c(C)c2c3c1CCCN3CCC2. The molecule has 0 fully saturated rings. The first-order chi connectivity index (χ1) is 7.70. The number of hydrogen-bond acceptors (Lipinski definition) is 2. The maximum atomic E-state index is 10.2. The minimum absolute atomic E-state index is 0.539. The maximum Gasteiger partial charge on any atom is 0.122 e. The van der Waals surface area contributed by atoms with Gasteiger partial charge in [-0.25, -0.2) is 0 Å². The predicted molar refractivity (Wildman–Crippen MR) is 66.4 cm³/mol. The van der Waals surface area contributed by atoms with E-state index in [1.165, 1.54) is 42.7 Å². The third-order valence-electron chi connectivity index (χ3n) is 4.21. The van der Waals surface area contributed by atoms with Crippen LogP contribution in [-0.4, -0.2) is 18.2 Å². The molecule has 0 aromatic heterocycles. The summed E-state index contributed by atoms with van der Waals surface area (Å²) < 4.78 is 0. The van der Waals surface area contributed by atoms with Crippen molar-refractivity contribution in [2.45, 2.75) is 39.5 Å². The molecular weight excluding hydrogens is 198 g/mol. The number of nitrogens with zero attached hydrogens (tertiary/aromatic N) is 1. The largest absolute Gasteiger partial charge is 0.507 e. The third-order valence-corrected chi connectivity index (χ3v) is 4.21. The van der Waals surface area contributed by atoms with Crippen LogP contribution in [0.2, 0.25) is 0 Å². The van der Waals surface area contributed by atoms with E-state index in [1.54, 1.807) is 0 Å². The lowest BCUT2D eigenvalue weighted by atomic mass is 9.85. The van der Waals surface area contributed by atoms with Gasteiger partial charge < -0.3 is 10.0 Å². The molecule has 0 saturated carbocycles. The Balaban J connectivity index is 2.32. The summed E-state index contributed by atoms with van der Waals surface area (Å²) in [6.07, 6.45) is 4.74. The van der Waals surface area contributed by atoms with Gasteiger partial charge in [-0.3, -0.25) is 0 Å². The van der Waals surface area contributed by atoms with E-state index in [-0.39, 0.29) is 0 Å². The Labute approximate surface area is 96.9 Å². The second-order valence-electron chi connectivity index (χ2n) is 5.10. The summed E-state index contributed by atoms with van der Waals surface area (Å²) in [7, 11) is 0. The van der Waals surface area contributed by atoms with Crippen LogP contribution in [0.1, 0.15) is 35.1 Å². The smallest absolute Gasteiger partial charge is 0.122 e. The maximum absolute atomic E-state index is 10.2. The molecule has 0 amide bonds. The zero-order valence-corrected chi connectivity index (χ0v) is 10.1. The van der Waals surface area contributed by atoms with Crippen LogP contribution in [0.25, 0.3) is 0 Å². The van der Waals surface area contributed by atoms with Crippen molar-refractivity contribution in [2.24, 2.45) is 0 Å². The lowest BCUT2D eigenvalue weighted by Crippen LogP contribution is -2.35. The molecule has 2 aliphatic heterocycles. The third kappa shape index (κ3) is 1.19. The number of benzene rings is 1. The molecule has 2 aliphatic rings. The van der Waals surface area contributed by atoms with Gasteiger partial charge in [0.05, 0.1) is 0 Å². The number of hydrogen-bond donors (Lipinski definition) is 1. The summed E-state index contributed by atoms with van der Waals surface area (Å²) in [5.74, 6) is 0.539. The molecule has 86 valence electrons. The molecule has 0 radical (unpaired) electrons. The fourth-order valence-corrected chi connectivity index (χ4v) is 3.33. The number of phenolic OH excluding ortho intramolecular Hbond substituents is 1. The number of rotatable bonds is 0. The molecule has 1 N–H and O–H groups in total. The monoisotopic (exact) mass is 217 g/mol. The van der Waals surface area contributed by atoms with E-state index >= 15 is 0 Å². The molecular formula is C14H19NO. The number of phenols is 1. The van der Waals surface area contributed by atoms with Crippen LogP contribution in [-0.2, 0) is 12.8 Å². The lowest BCUT2D eigenvalue weighted by molar-refractivity contribution is 0.462. The Morgan fingerprint density at radius 2 is 1.44 bits per heavy atom. The van der Waals surface area contributed by atoms with Crippen molar-refractivity contribution in [3.05, 3.63) is 22.3 Å². The average molecular weight is 217 g/mol. The Bertz CT molecular complexity index is 414. The van der Waals surface area contributed by atoms with Gasteiger partial charge in [0.1, 0.15) is 5.75 Å². The van der Waals surface area contributed by atoms with Crippen molar-refractivity contribution < 1.29 is 5.11 Å². The zero-order valence-electron chi connectivity index (χ0n) is 10.1. The van der Waals surface area contributed by atoms with Crippen molar-refractivity contribution in [3.63, 3.8) is 0 Å². The van der Waals surface area contributed by atoms with Gasteiger partial charge in [-0.05, 0) is 61.8 Å². The first kappa shape index (κ1) is 10.0. The summed E-state index contributed by atoms with van der Waals surface area (Å²) in [6, 6.07) is 0. The molecule has 0 aliphatic carbocycles. The molecule has 2 heteroatoms. The lowest BCUT2D eigenvalue weighted by Gasteiger charge is -2.38. The van der Waals surface area contributed by atoms with Crippen LogP contribution >= 0.6 is 0 Å². The molecule has 0 saturated heterocycles. The minimum Gasteiger partial charge on any atom is -0.507 e. The highest BCUT2D eigenvalue weighted by molar-refractivity contribution is 5.70. The summed E-state index contributed by atoms with van der Waals surface area (Å²) in [4.78, 5) is 2.52. The van der Waals surface area contributed by atoms with E-state index in [4.69, 9.17) is 0 Å². The van der Waals surface area contributed by atoms with Crippen LogP contribution in [0.3, 0.4) is 0 Å². The molecule has 2 nitrogen and oxygen atoms in total. The van der Waals surface area contributed by atoms with Gasteiger partial charge in [0.15, 0.2) is 0 Å². The molecule has 0 bridgehead atoms. The summed E-state index contributed by atoms with van der Waals surface area (Å²) in [6.45, 7) is 6.53. The minimum atomic E-state index is 0.539. The van der Waals surface area contributed by atoms with Crippen molar-refractivity contribution in [1.82, 2.24) is 0 Å². The quantitative estimate of drug-likeness (QED) is 0.722. The van der Waals surface area contributed by atoms with Gasteiger partial charge in [0.25, 0.3) is 0 Å². The van der Waals surface area contributed by atoms with E-state index < -0.39 is 0 Å². The van der Waals surface area contributed by atoms with Gasteiger partial charge in [-0.1, -0.05) is 0 Å². The first-order valence-electron chi connectivity index (χ1n) is 6.29. The van der Waals surface area contributed by atoms with Gasteiger partial charge in [-0.2, -0.15) is 0 Å². The Morgan fingerprint density at radius 3 is 1.94 bits per heavy atom. The topological polar surface area (TPSA) is 23.5 Å². The highest BCUT2D eigenvalue weighted by Crippen LogP contribution is 2.43. The fourth-order valence-electron chi connectivity index (χ4n) is 3.33. The second-order valence-corrected chi connectivity index (χ2v) is 5.10. The van der Waals surface area contributed by atoms with Crippen LogP contribution in [0.15, 0.2) is 0 Å². The molecule has 2 heterocycles. The summed E-state index contributed by atoms with van der Waals surface area (Å²) in [5.41, 5.74) is 6.50. The molecule has 1 aromatic rings. The van der Waals surface area contributed by atoms with Crippen molar-refractivity contribution >= 4 is 5.69 Å². The van der Waals surface area contributed by atoms with E-state index in [0.717, 1.165) is 24.0 Å². The van der Waals surface area contributed by atoms with Crippen molar-refractivity contribution in [2.75, 3.05) is 18.0 Å². The van der Waals surface area contributed by atoms with E-state index in [2.05, 4.69) is 18.7 Å². The van der Waals surface area contributed by atoms with E-state index in [1.807, 2.05) is 0 Å². The normalized spacial score (nSPS) is 18.5. The number of aromatic hydroxyl groups is 1. The molecule has 1 aromatic carbocycles. The molecule has 0 spiro atoms. The second kappa shape index (κ2) is 3.41. The zero-order chi connectivity index (χ0) is 11.3. The average Bonchev–Trinajstić information content (AvgIpc) is 2.33. The molecule has 3 rings (SSSR count). The Morgan fingerprint density at radius 1 is 0.938 bits per heavy atom. The highest BCUT2D eigenvalue weighted by atomic mass is 16.3. The van der Waals surface area contributed by atoms with Gasteiger partial charge >= 0.3 is 0 Å². The van der Waals surface area contributed by atoms with Gasteiger partial charge in [0, 0.05) is 18.8 Å². The van der Waals surface area contributed by atoms with Gasteiger partial charge in [-0.15, -0.1) is 0 Å². The van der Waals surface area contributed by atoms with Crippen LogP contribution in [0.5, 0.6) is 5.75 Å². The van der Waals surface area contributed by atoms with Crippen molar-refractivity contribution in [3.8, 4) is 5.75 Å². The summed E-state index contributed by atoms with van der Waals surface area (Å²) >= 11 is 0. The predicted octanol–water partition coefficient (Wildman–Crippen LogP) is 2.71.